The summed E-state index contributed by atoms with van der Waals surface area (Å²) in [4.78, 5) is 52.0. The molecule has 5 fully saturated rings. The van der Waals surface area contributed by atoms with E-state index in [0.29, 0.717) is 12.8 Å². The third kappa shape index (κ3) is 29.2. The fourth-order valence-corrected chi connectivity index (χ4v) is 14.3. The summed E-state index contributed by atoms with van der Waals surface area (Å²) in [7, 11) is 0. The topological polar surface area (TPSA) is 541 Å². The minimum absolute atomic E-state index is 0.168. The van der Waals surface area contributed by atoms with Gasteiger partial charge in [0.05, 0.1) is 63.9 Å². The maximum Gasteiger partial charge on any atom is 0.364 e. The maximum absolute atomic E-state index is 13.5. The largest absolute Gasteiger partial charge is 0.477 e. The molecule has 0 bridgehead atoms. The van der Waals surface area contributed by atoms with Gasteiger partial charge in [-0.05, 0) is 19.3 Å². The molecule has 0 aromatic rings. The molecule has 5 saturated heterocycles. The Hall–Kier alpha value is -3.42. The predicted molar refractivity (Wildman–Crippen MR) is 378 cm³/mol. The van der Waals surface area contributed by atoms with E-state index in [9.17, 15) is 106 Å². The number of hydrogen-bond acceptors (Lipinski definition) is 30. The van der Waals surface area contributed by atoms with Crippen LogP contribution < -0.4 is 16.0 Å². The van der Waals surface area contributed by atoms with Crippen molar-refractivity contribution in [3.05, 3.63) is 12.2 Å². The van der Waals surface area contributed by atoms with Crippen LogP contribution >= 0.6 is 0 Å². The first-order valence-corrected chi connectivity index (χ1v) is 39.1. The second kappa shape index (κ2) is 49.9. The summed E-state index contributed by atoms with van der Waals surface area (Å²) in [6, 6.07) is -4.65. The first-order valence-electron chi connectivity index (χ1n) is 39.1. The SMILES string of the molecule is CCCCCCCCCCCCC/C=C/C(O)C(COC1OC(CO)C(OC2OC(CO)C(O)C(OC3OC(CO)C(O)C(OC4OC(CO)C(O)C(OC5(C(=O)O)CC(O)C(NC(C)=O)C(C(O)C(O)CO)O5)C4O)C3NC(C)=O)C2O)C(O)C1O)NC(=O)CCCCCCCCCCCCCCCCC. The molecular formula is C73H131N3O31. The quantitative estimate of drug-likeness (QED) is 0.0255. The van der Waals surface area contributed by atoms with Crippen LogP contribution in [0.1, 0.15) is 214 Å². The highest BCUT2D eigenvalue weighted by Gasteiger charge is 2.61. The number of carbonyl (C=O) groups is 4. The third-order valence-corrected chi connectivity index (χ3v) is 20.6. The molecule has 0 aromatic heterocycles. The molecule has 0 radical (unpaired) electrons. The van der Waals surface area contributed by atoms with Gasteiger partial charge in [0.25, 0.3) is 5.79 Å². The van der Waals surface area contributed by atoms with Gasteiger partial charge >= 0.3 is 5.97 Å². The van der Waals surface area contributed by atoms with Gasteiger partial charge in [-0.1, -0.05) is 180 Å². The maximum atomic E-state index is 13.5. The van der Waals surface area contributed by atoms with Gasteiger partial charge in [0, 0.05) is 26.7 Å². The summed E-state index contributed by atoms with van der Waals surface area (Å²) in [6.45, 7) is 0.587. The van der Waals surface area contributed by atoms with E-state index < -0.39 is 235 Å². The first-order chi connectivity index (χ1) is 51.3. The van der Waals surface area contributed by atoms with Crippen LogP contribution in [-0.2, 0) is 66.5 Å². The molecule has 0 aromatic carbocycles. The van der Waals surface area contributed by atoms with E-state index in [1.165, 1.54) is 109 Å². The number of allylic oxidation sites excluding steroid dienone is 1. The molecule has 5 rings (SSSR count). The zero-order valence-corrected chi connectivity index (χ0v) is 62.8. The van der Waals surface area contributed by atoms with Crippen molar-refractivity contribution in [3.8, 4) is 0 Å². The van der Waals surface area contributed by atoms with Gasteiger partial charge in [-0.25, -0.2) is 4.79 Å². The molecule has 28 atom stereocenters. The van der Waals surface area contributed by atoms with Crippen molar-refractivity contribution in [2.24, 2.45) is 0 Å². The molecule has 107 heavy (non-hydrogen) atoms. The molecule has 0 saturated carbocycles. The summed E-state index contributed by atoms with van der Waals surface area (Å²) in [5.41, 5.74) is 0. The van der Waals surface area contributed by atoms with E-state index in [2.05, 4.69) is 29.8 Å². The minimum atomic E-state index is -3.22. The lowest BCUT2D eigenvalue weighted by atomic mass is 9.88. The molecule has 34 heteroatoms. The number of amides is 3. The van der Waals surface area contributed by atoms with Gasteiger partial charge in [-0.3, -0.25) is 14.4 Å². The molecule has 3 amide bonds. The van der Waals surface area contributed by atoms with Gasteiger partial charge < -0.3 is 150 Å². The van der Waals surface area contributed by atoms with Gasteiger partial charge in [0.2, 0.25) is 17.7 Å². The summed E-state index contributed by atoms with van der Waals surface area (Å²) >= 11 is 0. The summed E-state index contributed by atoms with van der Waals surface area (Å²) < 4.78 is 59.0. The minimum Gasteiger partial charge on any atom is -0.477 e. The molecule has 5 aliphatic heterocycles. The average Bonchev–Trinajstić information content (AvgIpc) is 0.756. The smallest absolute Gasteiger partial charge is 0.364 e. The Labute approximate surface area is 627 Å². The van der Waals surface area contributed by atoms with Crippen molar-refractivity contribution in [1.29, 1.82) is 0 Å². The Bertz CT molecular complexity index is 2500. The third-order valence-electron chi connectivity index (χ3n) is 20.6. The number of unbranched alkanes of at least 4 members (excludes halogenated alkanes) is 25. The van der Waals surface area contributed by atoms with E-state index in [4.69, 9.17) is 47.4 Å². The number of aliphatic hydroxyl groups is 16. The molecule has 34 nitrogen and oxygen atoms in total. The number of ether oxygens (including phenoxy) is 10. The normalized spacial score (nSPS) is 34.6. The number of aliphatic carboxylic acids is 1. The molecular weight excluding hydrogens is 1410 g/mol. The average molecular weight is 1550 g/mol. The van der Waals surface area contributed by atoms with Crippen LogP contribution in [0.2, 0.25) is 0 Å². The molecule has 624 valence electrons. The first kappa shape index (κ1) is 94.2. The van der Waals surface area contributed by atoms with Crippen LogP contribution in [0.5, 0.6) is 0 Å². The summed E-state index contributed by atoms with van der Waals surface area (Å²) in [5.74, 6) is -7.39. The Morgan fingerprint density at radius 1 is 0.486 bits per heavy atom. The van der Waals surface area contributed by atoms with Crippen molar-refractivity contribution < 1.29 is 153 Å². The molecule has 20 N–H and O–H groups in total. The summed E-state index contributed by atoms with van der Waals surface area (Å²) in [5, 5.41) is 197. The second-order valence-electron chi connectivity index (χ2n) is 29.3. The van der Waals surface area contributed by atoms with Crippen LogP contribution in [0, 0.1) is 0 Å². The second-order valence-corrected chi connectivity index (χ2v) is 29.3. The zero-order valence-electron chi connectivity index (χ0n) is 62.8. The van der Waals surface area contributed by atoms with Gasteiger partial charge in [-0.2, -0.15) is 0 Å². The number of nitrogens with one attached hydrogen (secondary N) is 3. The number of carboxylic acid groups (broad SMARTS) is 1. The lowest BCUT2D eigenvalue weighted by Crippen LogP contribution is -2.71. The Kier molecular flexibility index (Phi) is 44.0. The highest BCUT2D eigenvalue weighted by atomic mass is 16.8. The Morgan fingerprint density at radius 2 is 0.907 bits per heavy atom. The van der Waals surface area contributed by atoms with Crippen LogP contribution in [0.15, 0.2) is 12.2 Å². The van der Waals surface area contributed by atoms with E-state index in [0.717, 1.165) is 65.2 Å². The van der Waals surface area contributed by atoms with Crippen LogP contribution in [0.3, 0.4) is 0 Å². The fourth-order valence-electron chi connectivity index (χ4n) is 14.3. The predicted octanol–water partition coefficient (Wildman–Crippen LogP) is -1.04. The molecule has 28 unspecified atom stereocenters. The fraction of sp³-hybridized carbons (Fsp3) is 0.918. The monoisotopic (exact) mass is 1550 g/mol. The zero-order chi connectivity index (χ0) is 78.8. The van der Waals surface area contributed by atoms with E-state index >= 15 is 0 Å². The van der Waals surface area contributed by atoms with Crippen molar-refractivity contribution in [3.63, 3.8) is 0 Å². The molecule has 0 aliphatic carbocycles. The number of aliphatic hydroxyl groups excluding tert-OH is 16. The Morgan fingerprint density at radius 3 is 1.38 bits per heavy atom. The van der Waals surface area contributed by atoms with E-state index in [1.54, 1.807) is 6.08 Å². The van der Waals surface area contributed by atoms with Crippen molar-refractivity contribution in [2.75, 3.05) is 39.6 Å². The van der Waals surface area contributed by atoms with Crippen LogP contribution in [-0.4, -0.2) is 321 Å². The number of rotatable bonds is 52. The van der Waals surface area contributed by atoms with Crippen LogP contribution in [0.4, 0.5) is 0 Å². The van der Waals surface area contributed by atoms with Crippen molar-refractivity contribution in [2.45, 2.75) is 385 Å². The van der Waals surface area contributed by atoms with Gasteiger partial charge in [0.15, 0.2) is 25.2 Å². The molecule has 5 aliphatic rings. The van der Waals surface area contributed by atoms with E-state index in [1.807, 2.05) is 6.08 Å². The van der Waals surface area contributed by atoms with Gasteiger partial charge in [0.1, 0.15) is 116 Å². The summed E-state index contributed by atoms with van der Waals surface area (Å²) in [6.07, 6.45) is -15.2. The van der Waals surface area contributed by atoms with Gasteiger partial charge in [-0.15, -0.1) is 0 Å². The highest BCUT2D eigenvalue weighted by molar-refractivity contribution is 5.77. The van der Waals surface area contributed by atoms with Crippen molar-refractivity contribution in [1.82, 2.24) is 16.0 Å². The number of carboxylic acids is 1. The van der Waals surface area contributed by atoms with Crippen LogP contribution in [0.25, 0.3) is 0 Å². The van der Waals surface area contributed by atoms with Crippen molar-refractivity contribution >= 4 is 23.7 Å². The molecule has 5 heterocycles. The number of carbonyl (C=O) groups excluding carboxylic acids is 3. The van der Waals surface area contributed by atoms with E-state index in [-0.39, 0.29) is 12.3 Å². The standard InChI is InChI=1S/C73H131N3O31/c1-5-7-9-11-13-15-17-19-20-22-24-26-28-30-32-34-52(87)76-44(45(84)33-31-29-27-25-23-21-18-16-14-12-10-8-6-2)41-98-69-60(93)59(92)63(51(40-81)102-69)103-70-61(94)66(57(90)49(38-79)100-70)105-68-54(75-43(4)83)64(56(89)48(37-78)99-68)104-71-62(95)67(58(91)50(39-80)101-71)107-73(72(96)97)35-46(85)53(74-42(3)82)65(106-73)55(88)47(86)36-77/h31,33,44-51,53-71,77-81,84-86,88-95H,5-30,32,34-41H2,1-4H3,(H,74,82)(H,75,83)(H,76,87)(H,96,97)/b33-31+. The lowest BCUT2D eigenvalue weighted by Gasteiger charge is -2.51. The Balaban J connectivity index is 1.28. The highest BCUT2D eigenvalue weighted by Crippen LogP contribution is 2.40. The lowest BCUT2D eigenvalue weighted by molar-refractivity contribution is -0.389. The number of hydrogen-bond donors (Lipinski definition) is 20. The molecule has 0 spiro atoms.